The molecule has 15 heavy (non-hydrogen) atoms. The molecule has 0 bridgehead atoms. The Kier molecular flexibility index (Phi) is 3.74. The number of aromatic nitrogens is 2. The molecule has 5 heteroatoms. The second-order valence-corrected chi connectivity index (χ2v) is 5.87. The minimum absolute atomic E-state index is 0.929. The molecule has 1 aliphatic heterocycles. The van der Waals surface area contributed by atoms with E-state index in [1.807, 2.05) is 18.7 Å². The fourth-order valence-corrected chi connectivity index (χ4v) is 3.01. The van der Waals surface area contributed by atoms with Gasteiger partial charge in [0.15, 0.2) is 0 Å². The van der Waals surface area contributed by atoms with Crippen LogP contribution in [-0.4, -0.2) is 39.3 Å². The predicted octanol–water partition coefficient (Wildman–Crippen LogP) is 2.27. The molecule has 0 saturated carbocycles. The van der Waals surface area contributed by atoms with E-state index in [2.05, 4.69) is 37.5 Å². The van der Waals surface area contributed by atoms with Gasteiger partial charge in [-0.05, 0) is 29.8 Å². The molecule has 0 atom stereocenters. The molecule has 0 radical (unpaired) electrons. The van der Waals surface area contributed by atoms with Crippen molar-refractivity contribution in [3.63, 3.8) is 0 Å². The second-order valence-electron chi connectivity index (χ2n) is 3.86. The molecule has 1 aliphatic rings. The number of rotatable bonds is 2. The molecular formula is C10H16BrN3S. The van der Waals surface area contributed by atoms with Crippen molar-refractivity contribution in [1.82, 2.24) is 14.7 Å². The minimum Gasteiger partial charge on any atom is -0.283 e. The molecule has 1 fully saturated rings. The summed E-state index contributed by atoms with van der Waals surface area (Å²) >= 11 is 5.60. The molecule has 0 spiro atoms. The van der Waals surface area contributed by atoms with Crippen LogP contribution in [0.1, 0.15) is 11.4 Å². The van der Waals surface area contributed by atoms with Gasteiger partial charge in [-0.1, -0.05) is 0 Å². The summed E-state index contributed by atoms with van der Waals surface area (Å²) in [5, 5.41) is 4.53. The molecule has 0 unspecified atom stereocenters. The van der Waals surface area contributed by atoms with Crippen LogP contribution in [0.2, 0.25) is 0 Å². The first-order chi connectivity index (χ1) is 7.18. The number of halogens is 1. The van der Waals surface area contributed by atoms with Crippen LogP contribution in [0.3, 0.4) is 0 Å². The highest BCUT2D eigenvalue weighted by Gasteiger charge is 2.14. The maximum absolute atomic E-state index is 4.53. The van der Waals surface area contributed by atoms with Crippen LogP contribution >= 0.6 is 27.7 Å². The normalized spacial score (nSPS) is 18.3. The Hall–Kier alpha value is -0.000000000000000111. The van der Waals surface area contributed by atoms with Crippen LogP contribution in [0.25, 0.3) is 0 Å². The van der Waals surface area contributed by atoms with Gasteiger partial charge in [0.2, 0.25) is 0 Å². The first kappa shape index (κ1) is 11.5. The third-order valence-electron chi connectivity index (χ3n) is 2.73. The maximum atomic E-state index is 4.53. The Morgan fingerprint density at radius 3 is 2.53 bits per heavy atom. The summed E-state index contributed by atoms with van der Waals surface area (Å²) < 4.78 is 3.24. The first-order valence-corrected chi connectivity index (χ1v) is 7.13. The summed E-state index contributed by atoms with van der Waals surface area (Å²) in [6.45, 7) is 7.45. The summed E-state index contributed by atoms with van der Waals surface area (Å²) in [5.41, 5.74) is 2.31. The number of aryl methyl sites for hydroxylation is 1. The average Bonchev–Trinajstić information content (AvgIpc) is 2.48. The van der Waals surface area contributed by atoms with Crippen LogP contribution in [-0.2, 0) is 6.67 Å². The van der Waals surface area contributed by atoms with E-state index < -0.39 is 0 Å². The van der Waals surface area contributed by atoms with Crippen molar-refractivity contribution in [2.45, 2.75) is 20.5 Å². The second kappa shape index (κ2) is 4.89. The number of hydrogen-bond donors (Lipinski definition) is 0. The van der Waals surface area contributed by atoms with Crippen molar-refractivity contribution in [3.8, 4) is 0 Å². The van der Waals surface area contributed by atoms with E-state index in [1.165, 1.54) is 30.3 Å². The van der Waals surface area contributed by atoms with E-state index in [0.717, 1.165) is 16.8 Å². The average molecular weight is 290 g/mol. The Morgan fingerprint density at radius 2 is 2.00 bits per heavy atom. The van der Waals surface area contributed by atoms with E-state index >= 15 is 0 Å². The highest BCUT2D eigenvalue weighted by Crippen LogP contribution is 2.20. The fraction of sp³-hybridized carbons (Fsp3) is 0.700. The van der Waals surface area contributed by atoms with Gasteiger partial charge in [-0.25, -0.2) is 0 Å². The van der Waals surface area contributed by atoms with Gasteiger partial charge < -0.3 is 0 Å². The number of hydrogen-bond acceptors (Lipinski definition) is 3. The SMILES string of the molecule is Cc1nn(CN2CCSCC2)c(C)c1Br. The monoisotopic (exact) mass is 289 g/mol. The molecule has 0 aliphatic carbocycles. The summed E-state index contributed by atoms with van der Waals surface area (Å²) in [5.74, 6) is 2.50. The quantitative estimate of drug-likeness (QED) is 0.833. The number of thioether (sulfide) groups is 1. The van der Waals surface area contributed by atoms with Crippen molar-refractivity contribution < 1.29 is 0 Å². The van der Waals surface area contributed by atoms with Gasteiger partial charge in [0, 0.05) is 24.6 Å². The Bertz CT molecular complexity index is 345. The van der Waals surface area contributed by atoms with Crippen molar-refractivity contribution in [2.75, 3.05) is 24.6 Å². The van der Waals surface area contributed by atoms with Crippen molar-refractivity contribution >= 4 is 27.7 Å². The van der Waals surface area contributed by atoms with Crippen molar-refractivity contribution in [1.29, 1.82) is 0 Å². The smallest absolute Gasteiger partial charge is 0.0932 e. The molecule has 1 saturated heterocycles. The van der Waals surface area contributed by atoms with Gasteiger partial charge in [0.25, 0.3) is 0 Å². The predicted molar refractivity (Wildman–Crippen MR) is 68.3 cm³/mol. The zero-order valence-corrected chi connectivity index (χ0v) is 11.6. The summed E-state index contributed by atoms with van der Waals surface area (Å²) in [6.07, 6.45) is 0. The van der Waals surface area contributed by atoms with Crippen LogP contribution in [0, 0.1) is 13.8 Å². The lowest BCUT2D eigenvalue weighted by atomic mass is 10.4. The van der Waals surface area contributed by atoms with Crippen LogP contribution in [0.5, 0.6) is 0 Å². The molecule has 2 rings (SSSR count). The molecule has 2 heterocycles. The van der Waals surface area contributed by atoms with E-state index in [1.54, 1.807) is 0 Å². The third kappa shape index (κ3) is 2.57. The van der Waals surface area contributed by atoms with E-state index in [-0.39, 0.29) is 0 Å². The molecule has 0 aromatic carbocycles. The Labute approximate surface area is 103 Å². The van der Waals surface area contributed by atoms with Gasteiger partial charge in [-0.2, -0.15) is 16.9 Å². The number of nitrogens with zero attached hydrogens (tertiary/aromatic N) is 3. The van der Waals surface area contributed by atoms with E-state index in [0.29, 0.717) is 0 Å². The van der Waals surface area contributed by atoms with Crippen LogP contribution < -0.4 is 0 Å². The van der Waals surface area contributed by atoms with Gasteiger partial charge in [0.05, 0.1) is 22.5 Å². The largest absolute Gasteiger partial charge is 0.283 e. The lowest BCUT2D eigenvalue weighted by molar-refractivity contribution is 0.225. The van der Waals surface area contributed by atoms with Crippen molar-refractivity contribution in [3.05, 3.63) is 15.9 Å². The fourth-order valence-electron chi connectivity index (χ4n) is 1.74. The topological polar surface area (TPSA) is 21.1 Å². The molecule has 1 aromatic rings. The van der Waals surface area contributed by atoms with Crippen molar-refractivity contribution in [2.24, 2.45) is 0 Å². The third-order valence-corrected chi connectivity index (χ3v) is 4.82. The highest BCUT2D eigenvalue weighted by molar-refractivity contribution is 9.10. The lowest BCUT2D eigenvalue weighted by Gasteiger charge is -2.26. The molecule has 0 amide bonds. The van der Waals surface area contributed by atoms with E-state index in [9.17, 15) is 0 Å². The maximum Gasteiger partial charge on any atom is 0.0932 e. The van der Waals surface area contributed by atoms with Gasteiger partial charge >= 0.3 is 0 Å². The summed E-state index contributed by atoms with van der Waals surface area (Å²) in [6, 6.07) is 0. The van der Waals surface area contributed by atoms with Crippen LogP contribution in [0.15, 0.2) is 4.47 Å². The molecular weight excluding hydrogens is 274 g/mol. The zero-order valence-electron chi connectivity index (χ0n) is 9.16. The van der Waals surface area contributed by atoms with Gasteiger partial charge in [-0.15, -0.1) is 0 Å². The zero-order chi connectivity index (χ0) is 10.8. The van der Waals surface area contributed by atoms with Gasteiger partial charge in [-0.3, -0.25) is 9.58 Å². The summed E-state index contributed by atoms with van der Waals surface area (Å²) in [4.78, 5) is 2.46. The molecule has 0 N–H and O–H groups in total. The first-order valence-electron chi connectivity index (χ1n) is 5.18. The highest BCUT2D eigenvalue weighted by atomic mass is 79.9. The molecule has 3 nitrogen and oxygen atoms in total. The molecule has 1 aromatic heterocycles. The molecule has 84 valence electrons. The standard InChI is InChI=1S/C10H16BrN3S/c1-8-10(11)9(2)14(12-8)7-13-3-5-15-6-4-13/h3-7H2,1-2H3. The minimum atomic E-state index is 0.929. The Balaban J connectivity index is 2.06. The summed E-state index contributed by atoms with van der Waals surface area (Å²) in [7, 11) is 0. The van der Waals surface area contributed by atoms with Gasteiger partial charge in [0.1, 0.15) is 0 Å². The Morgan fingerprint density at radius 1 is 1.33 bits per heavy atom. The lowest BCUT2D eigenvalue weighted by Crippen LogP contribution is -2.34. The van der Waals surface area contributed by atoms with E-state index in [4.69, 9.17) is 0 Å². The van der Waals surface area contributed by atoms with Crippen LogP contribution in [0.4, 0.5) is 0 Å².